The van der Waals surface area contributed by atoms with Crippen LogP contribution in [0.3, 0.4) is 0 Å². The molecule has 4 N–H and O–H groups in total. The highest BCUT2D eigenvalue weighted by Gasteiger charge is 2.26. The van der Waals surface area contributed by atoms with E-state index in [1.165, 1.54) is 6.07 Å². The van der Waals surface area contributed by atoms with E-state index in [1.807, 2.05) is 0 Å². The predicted molar refractivity (Wildman–Crippen MR) is 76.0 cm³/mol. The monoisotopic (exact) mass is 280 g/mol. The largest absolute Gasteiger partial charge is 0.393 e. The van der Waals surface area contributed by atoms with Crippen molar-refractivity contribution < 1.29 is 10.0 Å². The molecule has 110 valence electrons. The number of nitrogens with one attached hydrogen (secondary N) is 1. The standard InChI is InChI=1S/C13H20N4O3/c1-9(18)10-4-5-16(7-10)8-11-6-12(17(19)20)2-3-13(11)15-14/h2-3,6,9-10,15,18H,4-5,7-8,14H2,1H3. The summed E-state index contributed by atoms with van der Waals surface area (Å²) in [6.45, 7) is 4.06. The van der Waals surface area contributed by atoms with Crippen molar-refractivity contribution in [2.24, 2.45) is 11.8 Å². The molecule has 0 bridgehead atoms. The van der Waals surface area contributed by atoms with Crippen molar-refractivity contribution >= 4 is 11.4 Å². The molecular weight excluding hydrogens is 260 g/mol. The number of rotatable bonds is 5. The van der Waals surface area contributed by atoms with E-state index in [2.05, 4.69) is 10.3 Å². The van der Waals surface area contributed by atoms with Crippen LogP contribution in [0.4, 0.5) is 11.4 Å². The lowest BCUT2D eigenvalue weighted by molar-refractivity contribution is -0.384. The average molecular weight is 280 g/mol. The molecule has 1 aromatic rings. The van der Waals surface area contributed by atoms with E-state index in [0.717, 1.165) is 25.1 Å². The first-order valence-corrected chi connectivity index (χ1v) is 6.65. The van der Waals surface area contributed by atoms with E-state index >= 15 is 0 Å². The molecule has 1 saturated heterocycles. The minimum atomic E-state index is -0.410. The fourth-order valence-corrected chi connectivity index (χ4v) is 2.61. The van der Waals surface area contributed by atoms with Crippen LogP contribution in [0.25, 0.3) is 0 Å². The lowest BCUT2D eigenvalue weighted by Gasteiger charge is -2.19. The Morgan fingerprint density at radius 1 is 1.65 bits per heavy atom. The van der Waals surface area contributed by atoms with E-state index in [1.54, 1.807) is 19.1 Å². The van der Waals surface area contributed by atoms with Gasteiger partial charge in [0.25, 0.3) is 5.69 Å². The van der Waals surface area contributed by atoms with Gasteiger partial charge in [-0.2, -0.15) is 0 Å². The molecule has 0 aromatic heterocycles. The zero-order chi connectivity index (χ0) is 14.7. The number of likely N-dealkylation sites (tertiary alicyclic amines) is 1. The summed E-state index contributed by atoms with van der Waals surface area (Å²) < 4.78 is 0. The summed E-state index contributed by atoms with van der Waals surface area (Å²) in [5, 5.41) is 20.4. The van der Waals surface area contributed by atoms with Crippen LogP contribution in [-0.4, -0.2) is 34.1 Å². The van der Waals surface area contributed by atoms with Crippen LogP contribution in [-0.2, 0) is 6.54 Å². The second-order valence-corrected chi connectivity index (χ2v) is 5.27. The van der Waals surface area contributed by atoms with Crippen LogP contribution in [0.1, 0.15) is 18.9 Å². The summed E-state index contributed by atoms with van der Waals surface area (Å²) in [7, 11) is 0. The first-order chi connectivity index (χ1) is 9.51. The second-order valence-electron chi connectivity index (χ2n) is 5.27. The summed E-state index contributed by atoms with van der Waals surface area (Å²) in [4.78, 5) is 12.6. The fraction of sp³-hybridized carbons (Fsp3) is 0.538. The number of nitrogens with two attached hydrogens (primary N) is 1. The molecule has 0 spiro atoms. The van der Waals surface area contributed by atoms with E-state index in [-0.39, 0.29) is 17.7 Å². The second kappa shape index (κ2) is 6.17. The van der Waals surface area contributed by atoms with Crippen LogP contribution >= 0.6 is 0 Å². The molecule has 7 heteroatoms. The molecule has 7 nitrogen and oxygen atoms in total. The first kappa shape index (κ1) is 14.7. The molecular formula is C13H20N4O3. The Balaban J connectivity index is 2.12. The first-order valence-electron chi connectivity index (χ1n) is 6.65. The Morgan fingerprint density at radius 2 is 2.40 bits per heavy atom. The third-order valence-corrected chi connectivity index (χ3v) is 3.84. The van der Waals surface area contributed by atoms with Gasteiger partial charge in [-0.25, -0.2) is 0 Å². The summed E-state index contributed by atoms with van der Waals surface area (Å²) in [5.74, 6) is 5.71. The van der Waals surface area contributed by atoms with Gasteiger partial charge in [0, 0.05) is 25.2 Å². The number of hydrogen-bond donors (Lipinski definition) is 3. The van der Waals surface area contributed by atoms with Gasteiger partial charge in [-0.05, 0) is 37.4 Å². The van der Waals surface area contributed by atoms with Gasteiger partial charge in [-0.3, -0.25) is 20.9 Å². The van der Waals surface area contributed by atoms with E-state index < -0.39 is 4.92 Å². The maximum absolute atomic E-state index is 10.8. The molecule has 2 atom stereocenters. The molecule has 1 aromatic carbocycles. The molecule has 1 aliphatic heterocycles. The fourth-order valence-electron chi connectivity index (χ4n) is 2.61. The topological polar surface area (TPSA) is 105 Å². The van der Waals surface area contributed by atoms with Crippen molar-refractivity contribution in [2.45, 2.75) is 26.0 Å². The number of nitrogens with zero attached hydrogens (tertiary/aromatic N) is 2. The highest BCUT2D eigenvalue weighted by molar-refractivity contribution is 5.55. The maximum atomic E-state index is 10.8. The van der Waals surface area contributed by atoms with E-state index in [9.17, 15) is 15.2 Å². The number of benzene rings is 1. The number of nitro benzene ring substituents is 1. The van der Waals surface area contributed by atoms with Gasteiger partial charge < -0.3 is 10.5 Å². The number of nitro groups is 1. The Bertz CT molecular complexity index is 493. The zero-order valence-electron chi connectivity index (χ0n) is 11.5. The van der Waals surface area contributed by atoms with Crippen LogP contribution in [0.15, 0.2) is 18.2 Å². The Hall–Kier alpha value is -1.70. The lowest BCUT2D eigenvalue weighted by Crippen LogP contribution is -2.24. The SMILES string of the molecule is CC(O)C1CCN(Cc2cc([N+](=O)[O-])ccc2NN)C1. The van der Waals surface area contributed by atoms with Gasteiger partial charge in [0.05, 0.1) is 16.7 Å². The van der Waals surface area contributed by atoms with Crippen molar-refractivity contribution in [3.05, 3.63) is 33.9 Å². The number of anilines is 1. The van der Waals surface area contributed by atoms with Crippen molar-refractivity contribution in [2.75, 3.05) is 18.5 Å². The van der Waals surface area contributed by atoms with Crippen molar-refractivity contribution in [1.82, 2.24) is 4.90 Å². The lowest BCUT2D eigenvalue weighted by atomic mass is 10.0. The number of hydrogen-bond acceptors (Lipinski definition) is 6. The van der Waals surface area contributed by atoms with E-state index in [4.69, 9.17) is 5.84 Å². The molecule has 0 amide bonds. The molecule has 2 unspecified atom stereocenters. The summed E-state index contributed by atoms with van der Waals surface area (Å²) in [5.41, 5.74) is 4.12. The van der Waals surface area contributed by atoms with Gasteiger partial charge in [0.15, 0.2) is 0 Å². The van der Waals surface area contributed by atoms with E-state index in [0.29, 0.717) is 12.2 Å². The van der Waals surface area contributed by atoms with Crippen LogP contribution in [0.2, 0.25) is 0 Å². The van der Waals surface area contributed by atoms with Crippen molar-refractivity contribution in [1.29, 1.82) is 0 Å². The van der Waals surface area contributed by atoms with Gasteiger partial charge in [-0.15, -0.1) is 0 Å². The predicted octanol–water partition coefficient (Wildman–Crippen LogP) is 1.08. The molecule has 20 heavy (non-hydrogen) atoms. The molecule has 0 saturated carbocycles. The molecule has 0 aliphatic carbocycles. The molecule has 1 fully saturated rings. The molecule has 1 aliphatic rings. The number of hydrazine groups is 1. The zero-order valence-corrected chi connectivity index (χ0v) is 11.5. The molecule has 1 heterocycles. The maximum Gasteiger partial charge on any atom is 0.269 e. The summed E-state index contributed by atoms with van der Waals surface area (Å²) in [6, 6.07) is 4.60. The third-order valence-electron chi connectivity index (χ3n) is 3.84. The van der Waals surface area contributed by atoms with Crippen LogP contribution in [0, 0.1) is 16.0 Å². The molecule has 2 rings (SSSR count). The average Bonchev–Trinajstić information content (AvgIpc) is 2.87. The molecule has 0 radical (unpaired) electrons. The number of aliphatic hydroxyl groups is 1. The quantitative estimate of drug-likeness (QED) is 0.423. The summed E-state index contributed by atoms with van der Waals surface area (Å²) in [6.07, 6.45) is 0.620. The number of non-ortho nitro benzene ring substituents is 1. The normalized spacial score (nSPS) is 20.9. The van der Waals surface area contributed by atoms with Crippen molar-refractivity contribution in [3.63, 3.8) is 0 Å². The number of nitrogen functional groups attached to an aromatic ring is 1. The van der Waals surface area contributed by atoms with Gasteiger partial charge in [0.1, 0.15) is 0 Å². The van der Waals surface area contributed by atoms with Crippen molar-refractivity contribution in [3.8, 4) is 0 Å². The van der Waals surface area contributed by atoms with Crippen LogP contribution < -0.4 is 11.3 Å². The smallest absolute Gasteiger partial charge is 0.269 e. The van der Waals surface area contributed by atoms with Gasteiger partial charge in [0.2, 0.25) is 0 Å². The highest BCUT2D eigenvalue weighted by atomic mass is 16.6. The summed E-state index contributed by atoms with van der Waals surface area (Å²) >= 11 is 0. The third kappa shape index (κ3) is 3.24. The Kier molecular flexibility index (Phi) is 4.53. The van der Waals surface area contributed by atoms with Crippen LogP contribution in [0.5, 0.6) is 0 Å². The minimum Gasteiger partial charge on any atom is -0.393 e. The minimum absolute atomic E-state index is 0.0604. The Labute approximate surface area is 117 Å². The Morgan fingerprint density at radius 3 is 2.95 bits per heavy atom. The highest BCUT2D eigenvalue weighted by Crippen LogP contribution is 2.26. The van der Waals surface area contributed by atoms with Gasteiger partial charge >= 0.3 is 0 Å². The van der Waals surface area contributed by atoms with Gasteiger partial charge in [-0.1, -0.05) is 0 Å². The number of aliphatic hydroxyl groups excluding tert-OH is 1.